The monoisotopic (exact) mass is 336 g/mol. The molecule has 3 aromatic rings. The van der Waals surface area contributed by atoms with Gasteiger partial charge in [-0.15, -0.1) is 0 Å². The van der Waals surface area contributed by atoms with Crippen LogP contribution in [0.15, 0.2) is 48.8 Å². The molecule has 0 bridgehead atoms. The summed E-state index contributed by atoms with van der Waals surface area (Å²) in [5, 5.41) is 4.05. The third kappa shape index (κ3) is 3.33. The van der Waals surface area contributed by atoms with Gasteiger partial charge < -0.3 is 14.9 Å². The van der Waals surface area contributed by atoms with Crippen LogP contribution in [0.4, 0.5) is 0 Å². The normalized spacial score (nSPS) is 18.0. The van der Waals surface area contributed by atoms with Crippen molar-refractivity contribution < 1.29 is 4.79 Å². The van der Waals surface area contributed by atoms with Gasteiger partial charge in [0.1, 0.15) is 0 Å². The number of aromatic amines is 1. The molecule has 1 atom stereocenters. The Hall–Kier alpha value is -2.53. The number of carbonyl (C=O) groups is 1. The topological polar surface area (TPSA) is 53.1 Å². The first-order valence-corrected chi connectivity index (χ1v) is 8.85. The smallest absolute Gasteiger partial charge is 0.220 e. The zero-order valence-corrected chi connectivity index (χ0v) is 14.5. The van der Waals surface area contributed by atoms with E-state index < -0.39 is 0 Å². The molecule has 1 aliphatic rings. The Labute approximate surface area is 147 Å². The van der Waals surface area contributed by atoms with Crippen LogP contribution in [-0.2, 0) is 24.4 Å². The summed E-state index contributed by atoms with van der Waals surface area (Å²) in [5.41, 5.74) is 3.83. The van der Waals surface area contributed by atoms with E-state index in [0.717, 1.165) is 26.2 Å². The van der Waals surface area contributed by atoms with E-state index in [0.29, 0.717) is 12.3 Å². The summed E-state index contributed by atoms with van der Waals surface area (Å²) in [6.45, 7) is 3.64. The molecule has 0 radical (unpaired) electrons. The lowest BCUT2D eigenvalue weighted by molar-refractivity contribution is -0.121. The van der Waals surface area contributed by atoms with Crippen LogP contribution in [0.2, 0.25) is 0 Å². The van der Waals surface area contributed by atoms with E-state index in [-0.39, 0.29) is 5.91 Å². The van der Waals surface area contributed by atoms with Gasteiger partial charge in [0.05, 0.1) is 0 Å². The van der Waals surface area contributed by atoms with Gasteiger partial charge in [0, 0.05) is 68.6 Å². The van der Waals surface area contributed by atoms with Crippen molar-refractivity contribution in [3.8, 4) is 0 Å². The van der Waals surface area contributed by atoms with Crippen molar-refractivity contribution in [3.63, 3.8) is 0 Å². The number of amides is 1. The zero-order valence-electron chi connectivity index (χ0n) is 14.5. The summed E-state index contributed by atoms with van der Waals surface area (Å²) in [4.78, 5) is 17.7. The van der Waals surface area contributed by atoms with Gasteiger partial charge in [0.15, 0.2) is 0 Å². The molecule has 0 saturated heterocycles. The standard InChI is InChI=1S/C20H24N4O/c1-21-20(25)10-15-11-23(14-17-5-3-9-24(17)12-15)13-16-4-2-6-19-18(16)7-8-22-19/h2-9,15,22H,10-14H2,1H3,(H,21,25). The third-order valence-corrected chi connectivity index (χ3v) is 5.11. The molecule has 25 heavy (non-hydrogen) atoms. The zero-order chi connectivity index (χ0) is 17.2. The second-order valence-corrected chi connectivity index (χ2v) is 6.92. The molecule has 1 aromatic carbocycles. The average molecular weight is 336 g/mol. The van der Waals surface area contributed by atoms with Crippen molar-refractivity contribution in [2.45, 2.75) is 26.1 Å². The van der Waals surface area contributed by atoms with Crippen molar-refractivity contribution in [3.05, 3.63) is 60.0 Å². The Morgan fingerprint density at radius 1 is 1.24 bits per heavy atom. The minimum absolute atomic E-state index is 0.119. The summed E-state index contributed by atoms with van der Waals surface area (Å²) in [6.07, 6.45) is 4.69. The van der Waals surface area contributed by atoms with Crippen molar-refractivity contribution in [2.75, 3.05) is 13.6 Å². The predicted molar refractivity (Wildman–Crippen MR) is 99.0 cm³/mol. The Balaban J connectivity index is 1.59. The highest BCUT2D eigenvalue weighted by molar-refractivity contribution is 5.82. The van der Waals surface area contributed by atoms with Gasteiger partial charge in [-0.1, -0.05) is 12.1 Å². The number of hydrogen-bond donors (Lipinski definition) is 2. The second-order valence-electron chi connectivity index (χ2n) is 6.92. The Morgan fingerprint density at radius 3 is 3.04 bits per heavy atom. The maximum atomic E-state index is 11.9. The van der Waals surface area contributed by atoms with Crippen LogP contribution < -0.4 is 5.32 Å². The van der Waals surface area contributed by atoms with Gasteiger partial charge in [0.25, 0.3) is 0 Å². The van der Waals surface area contributed by atoms with Gasteiger partial charge in [-0.3, -0.25) is 9.69 Å². The molecule has 1 aliphatic heterocycles. The minimum atomic E-state index is 0.119. The average Bonchev–Trinajstić information content (AvgIpc) is 3.22. The van der Waals surface area contributed by atoms with Gasteiger partial charge in [0.2, 0.25) is 5.91 Å². The Morgan fingerprint density at radius 2 is 2.16 bits per heavy atom. The van der Waals surface area contributed by atoms with Crippen LogP contribution in [0.1, 0.15) is 17.7 Å². The van der Waals surface area contributed by atoms with Gasteiger partial charge >= 0.3 is 0 Å². The highest BCUT2D eigenvalue weighted by Gasteiger charge is 2.23. The molecule has 5 nitrogen and oxygen atoms in total. The second kappa shape index (κ2) is 6.76. The lowest BCUT2D eigenvalue weighted by Gasteiger charge is -2.24. The van der Waals surface area contributed by atoms with Crippen LogP contribution in [0, 0.1) is 5.92 Å². The highest BCUT2D eigenvalue weighted by atomic mass is 16.1. The van der Waals surface area contributed by atoms with Crippen LogP contribution in [0.5, 0.6) is 0 Å². The highest BCUT2D eigenvalue weighted by Crippen LogP contribution is 2.24. The summed E-state index contributed by atoms with van der Waals surface area (Å²) in [7, 11) is 1.71. The van der Waals surface area contributed by atoms with Crippen molar-refractivity contribution in [1.29, 1.82) is 0 Å². The van der Waals surface area contributed by atoms with Gasteiger partial charge in [-0.2, -0.15) is 0 Å². The molecule has 0 aliphatic carbocycles. The molecule has 1 amide bonds. The molecule has 0 saturated carbocycles. The number of carbonyl (C=O) groups excluding carboxylic acids is 1. The molecule has 130 valence electrons. The van der Waals surface area contributed by atoms with E-state index in [9.17, 15) is 4.79 Å². The SMILES string of the molecule is CNC(=O)CC1CN(Cc2cccc3[nH]ccc23)Cc2cccn2C1. The van der Waals surface area contributed by atoms with E-state index in [2.05, 4.69) is 62.4 Å². The molecule has 2 aromatic heterocycles. The fourth-order valence-electron chi connectivity index (χ4n) is 3.91. The number of aromatic nitrogens is 2. The van der Waals surface area contributed by atoms with E-state index in [4.69, 9.17) is 0 Å². The molecule has 3 heterocycles. The van der Waals surface area contributed by atoms with Crippen molar-refractivity contribution in [1.82, 2.24) is 19.8 Å². The Kier molecular flexibility index (Phi) is 4.32. The van der Waals surface area contributed by atoms with Gasteiger partial charge in [-0.25, -0.2) is 0 Å². The first kappa shape index (κ1) is 16.0. The van der Waals surface area contributed by atoms with E-state index in [1.54, 1.807) is 7.05 Å². The summed E-state index contributed by atoms with van der Waals surface area (Å²) < 4.78 is 2.30. The minimum Gasteiger partial charge on any atom is -0.361 e. The largest absolute Gasteiger partial charge is 0.361 e. The lowest BCUT2D eigenvalue weighted by Crippen LogP contribution is -2.31. The van der Waals surface area contributed by atoms with Crippen LogP contribution in [-0.4, -0.2) is 34.0 Å². The number of fused-ring (bicyclic) bond motifs is 2. The fourth-order valence-corrected chi connectivity index (χ4v) is 3.91. The molecule has 4 rings (SSSR count). The van der Waals surface area contributed by atoms with Crippen molar-refractivity contribution >= 4 is 16.8 Å². The van der Waals surface area contributed by atoms with E-state index in [1.807, 2.05) is 6.20 Å². The summed E-state index contributed by atoms with van der Waals surface area (Å²) in [5.74, 6) is 0.437. The van der Waals surface area contributed by atoms with Crippen LogP contribution in [0.3, 0.4) is 0 Å². The number of rotatable bonds is 4. The molecule has 0 fully saturated rings. The maximum absolute atomic E-state index is 11.9. The number of nitrogens with one attached hydrogen (secondary N) is 2. The molecule has 2 N–H and O–H groups in total. The maximum Gasteiger partial charge on any atom is 0.220 e. The predicted octanol–water partition coefficient (Wildman–Crippen LogP) is 2.74. The van der Waals surface area contributed by atoms with Crippen molar-refractivity contribution in [2.24, 2.45) is 5.92 Å². The van der Waals surface area contributed by atoms with E-state index >= 15 is 0 Å². The molecular formula is C20H24N4O. The molecule has 0 spiro atoms. The first-order valence-electron chi connectivity index (χ1n) is 8.85. The number of nitrogens with zero attached hydrogens (tertiary/aromatic N) is 2. The molecule has 1 unspecified atom stereocenters. The fraction of sp³-hybridized carbons (Fsp3) is 0.350. The summed E-state index contributed by atoms with van der Waals surface area (Å²) in [6, 6.07) is 12.9. The molecular weight excluding hydrogens is 312 g/mol. The van der Waals surface area contributed by atoms with Crippen LogP contribution in [0.25, 0.3) is 10.9 Å². The first-order chi connectivity index (χ1) is 12.2. The lowest BCUT2D eigenvalue weighted by atomic mass is 10.0. The quantitative estimate of drug-likeness (QED) is 0.770. The van der Waals surface area contributed by atoms with Gasteiger partial charge in [-0.05, 0) is 35.7 Å². The van der Waals surface area contributed by atoms with Crippen LogP contribution >= 0.6 is 0 Å². The molecule has 5 heteroatoms. The summed E-state index contributed by atoms with van der Waals surface area (Å²) >= 11 is 0. The Bertz CT molecular complexity index is 879. The number of H-pyrrole nitrogens is 1. The third-order valence-electron chi connectivity index (χ3n) is 5.11. The number of hydrogen-bond acceptors (Lipinski definition) is 2. The number of benzene rings is 1. The van der Waals surface area contributed by atoms with E-state index in [1.165, 1.54) is 22.2 Å².